The Morgan fingerprint density at radius 2 is 2.00 bits per heavy atom. The highest BCUT2D eigenvalue weighted by molar-refractivity contribution is 7.99. The highest BCUT2D eigenvalue weighted by Gasteiger charge is 1.96. The summed E-state index contributed by atoms with van der Waals surface area (Å²) in [4.78, 5) is 6.42. The van der Waals surface area contributed by atoms with E-state index in [1.807, 2.05) is 25.9 Å². The van der Waals surface area contributed by atoms with E-state index in [0.29, 0.717) is 5.37 Å². The van der Waals surface area contributed by atoms with Crippen LogP contribution in [0.5, 0.6) is 0 Å². The van der Waals surface area contributed by atoms with Crippen LogP contribution in [0.15, 0.2) is 4.99 Å². The Labute approximate surface area is 67.7 Å². The number of rotatable bonds is 2. The van der Waals surface area contributed by atoms with E-state index in [2.05, 4.69) is 18.2 Å². The molecule has 3 heteroatoms. The molecular formula is C7H16N2S. The maximum Gasteiger partial charge on any atom is 0.0966 e. The first-order chi connectivity index (χ1) is 4.57. The third kappa shape index (κ3) is 3.77. The molecule has 0 radical (unpaired) electrons. The van der Waals surface area contributed by atoms with Gasteiger partial charge < -0.3 is 4.90 Å². The molecule has 0 saturated heterocycles. The van der Waals surface area contributed by atoms with Crippen molar-refractivity contribution in [2.45, 2.75) is 19.2 Å². The van der Waals surface area contributed by atoms with Gasteiger partial charge in [0.15, 0.2) is 0 Å². The van der Waals surface area contributed by atoms with Gasteiger partial charge in [-0.05, 0) is 20.1 Å². The number of thioether (sulfide) groups is 1. The third-order valence-corrected chi connectivity index (χ3v) is 2.14. The SMILES string of the molecule is CSC(C)N=C(C)N(C)C. The molecule has 0 saturated carbocycles. The molecule has 0 spiro atoms. The van der Waals surface area contributed by atoms with E-state index < -0.39 is 0 Å². The second-order valence-electron chi connectivity index (χ2n) is 2.41. The summed E-state index contributed by atoms with van der Waals surface area (Å²) in [6, 6.07) is 0. The highest BCUT2D eigenvalue weighted by atomic mass is 32.2. The lowest BCUT2D eigenvalue weighted by Crippen LogP contribution is -2.19. The van der Waals surface area contributed by atoms with Crippen LogP contribution in [0.3, 0.4) is 0 Å². The second kappa shape index (κ2) is 4.61. The predicted molar refractivity (Wildman–Crippen MR) is 49.8 cm³/mol. The van der Waals surface area contributed by atoms with Gasteiger partial charge in [0, 0.05) is 14.1 Å². The molecule has 1 atom stereocenters. The molecule has 0 amide bonds. The first-order valence-electron chi connectivity index (χ1n) is 3.32. The van der Waals surface area contributed by atoms with Crippen molar-refractivity contribution >= 4 is 17.6 Å². The molecule has 0 heterocycles. The van der Waals surface area contributed by atoms with Gasteiger partial charge in [0.05, 0.1) is 11.2 Å². The van der Waals surface area contributed by atoms with Gasteiger partial charge >= 0.3 is 0 Å². The summed E-state index contributed by atoms with van der Waals surface area (Å²) in [7, 11) is 4.01. The van der Waals surface area contributed by atoms with Crippen LogP contribution in [0.2, 0.25) is 0 Å². The summed E-state index contributed by atoms with van der Waals surface area (Å²) in [5, 5.41) is 0.377. The van der Waals surface area contributed by atoms with Gasteiger partial charge in [0.1, 0.15) is 0 Å². The van der Waals surface area contributed by atoms with E-state index >= 15 is 0 Å². The Morgan fingerprint density at radius 3 is 2.30 bits per heavy atom. The van der Waals surface area contributed by atoms with Crippen LogP contribution in [0.4, 0.5) is 0 Å². The van der Waals surface area contributed by atoms with Gasteiger partial charge in [-0.3, -0.25) is 4.99 Å². The molecule has 0 aliphatic heterocycles. The zero-order valence-electron chi connectivity index (χ0n) is 7.38. The molecule has 1 unspecified atom stereocenters. The van der Waals surface area contributed by atoms with Crippen LogP contribution in [0.1, 0.15) is 13.8 Å². The van der Waals surface area contributed by atoms with E-state index in [-0.39, 0.29) is 0 Å². The average Bonchev–Trinajstić information content (AvgIpc) is 1.87. The van der Waals surface area contributed by atoms with Crippen LogP contribution in [-0.4, -0.2) is 36.5 Å². The second-order valence-corrected chi connectivity index (χ2v) is 3.56. The number of nitrogens with zero attached hydrogens (tertiary/aromatic N) is 2. The lowest BCUT2D eigenvalue weighted by molar-refractivity contribution is 0.613. The van der Waals surface area contributed by atoms with Gasteiger partial charge in [0.25, 0.3) is 0 Å². The Kier molecular flexibility index (Phi) is 4.52. The minimum absolute atomic E-state index is 0.377. The van der Waals surface area contributed by atoms with E-state index in [1.165, 1.54) is 0 Å². The molecule has 0 rings (SSSR count). The van der Waals surface area contributed by atoms with Crippen LogP contribution in [0.25, 0.3) is 0 Å². The molecule has 0 aromatic heterocycles. The molecule has 0 aromatic carbocycles. The van der Waals surface area contributed by atoms with Crippen molar-refractivity contribution in [2.75, 3.05) is 20.4 Å². The van der Waals surface area contributed by atoms with Crippen LogP contribution in [0, 0.1) is 0 Å². The summed E-state index contributed by atoms with van der Waals surface area (Å²) in [5.74, 6) is 1.09. The van der Waals surface area contributed by atoms with Crippen molar-refractivity contribution in [2.24, 2.45) is 4.99 Å². The Balaban J connectivity index is 3.89. The molecule has 60 valence electrons. The van der Waals surface area contributed by atoms with E-state index in [4.69, 9.17) is 0 Å². The molecule has 10 heavy (non-hydrogen) atoms. The van der Waals surface area contributed by atoms with Gasteiger partial charge in [-0.1, -0.05) is 0 Å². The van der Waals surface area contributed by atoms with Crippen molar-refractivity contribution in [1.29, 1.82) is 0 Å². The molecule has 0 aromatic rings. The smallest absolute Gasteiger partial charge is 0.0966 e. The van der Waals surface area contributed by atoms with E-state index in [0.717, 1.165) is 5.84 Å². The number of aliphatic imine (C=N–C) groups is 1. The van der Waals surface area contributed by atoms with Crippen molar-refractivity contribution in [3.8, 4) is 0 Å². The number of amidine groups is 1. The fraction of sp³-hybridized carbons (Fsp3) is 0.857. The topological polar surface area (TPSA) is 15.6 Å². The summed E-state index contributed by atoms with van der Waals surface area (Å²) < 4.78 is 0. The van der Waals surface area contributed by atoms with Crippen LogP contribution < -0.4 is 0 Å². The van der Waals surface area contributed by atoms with Gasteiger partial charge in [-0.25, -0.2) is 0 Å². The van der Waals surface area contributed by atoms with E-state index in [9.17, 15) is 0 Å². The molecule has 0 bridgehead atoms. The normalized spacial score (nSPS) is 15.1. The van der Waals surface area contributed by atoms with Crippen LogP contribution in [-0.2, 0) is 0 Å². The van der Waals surface area contributed by atoms with Crippen LogP contribution >= 0.6 is 11.8 Å². The Morgan fingerprint density at radius 1 is 1.50 bits per heavy atom. The number of hydrogen-bond donors (Lipinski definition) is 0. The summed E-state index contributed by atoms with van der Waals surface area (Å²) >= 11 is 1.76. The van der Waals surface area contributed by atoms with Crippen molar-refractivity contribution in [3.63, 3.8) is 0 Å². The molecule has 0 N–H and O–H groups in total. The molecule has 0 aliphatic carbocycles. The average molecular weight is 160 g/mol. The zero-order valence-corrected chi connectivity index (χ0v) is 8.20. The summed E-state index contributed by atoms with van der Waals surface area (Å²) in [6.07, 6.45) is 2.07. The maximum absolute atomic E-state index is 4.40. The Hall–Kier alpha value is -0.180. The van der Waals surface area contributed by atoms with Crippen molar-refractivity contribution < 1.29 is 0 Å². The van der Waals surface area contributed by atoms with Gasteiger partial charge in [0.2, 0.25) is 0 Å². The maximum atomic E-state index is 4.40. The standard InChI is InChI=1S/C7H16N2S/c1-6(9(3)4)8-7(2)10-5/h7H,1-5H3. The van der Waals surface area contributed by atoms with Gasteiger partial charge in [-0.2, -0.15) is 0 Å². The first-order valence-corrected chi connectivity index (χ1v) is 4.61. The molecule has 2 nitrogen and oxygen atoms in total. The van der Waals surface area contributed by atoms with Crippen molar-refractivity contribution in [1.82, 2.24) is 4.90 Å². The molecule has 0 fully saturated rings. The molecule has 0 aliphatic rings. The van der Waals surface area contributed by atoms with E-state index in [1.54, 1.807) is 11.8 Å². The summed E-state index contributed by atoms with van der Waals surface area (Å²) in [5.41, 5.74) is 0. The first kappa shape index (κ1) is 9.82. The largest absolute Gasteiger partial charge is 0.367 e. The minimum atomic E-state index is 0.377. The monoisotopic (exact) mass is 160 g/mol. The Bertz CT molecular complexity index is 121. The quantitative estimate of drug-likeness (QED) is 0.451. The minimum Gasteiger partial charge on any atom is -0.367 e. The fourth-order valence-electron chi connectivity index (χ4n) is 0.431. The summed E-state index contributed by atoms with van der Waals surface area (Å²) in [6.45, 7) is 4.12. The molecular weight excluding hydrogens is 144 g/mol. The third-order valence-electron chi connectivity index (χ3n) is 1.36. The fourth-order valence-corrected chi connectivity index (χ4v) is 0.689. The predicted octanol–water partition coefficient (Wildman–Crippen LogP) is 1.68. The number of hydrogen-bond acceptors (Lipinski definition) is 2. The van der Waals surface area contributed by atoms with Crippen molar-refractivity contribution in [3.05, 3.63) is 0 Å². The lowest BCUT2D eigenvalue weighted by Gasteiger charge is -2.12. The zero-order chi connectivity index (χ0) is 8.15. The van der Waals surface area contributed by atoms with Gasteiger partial charge in [-0.15, -0.1) is 11.8 Å². The lowest BCUT2D eigenvalue weighted by atomic mass is 10.6. The highest BCUT2D eigenvalue weighted by Crippen LogP contribution is 2.06.